The maximum absolute atomic E-state index is 11.6. The van der Waals surface area contributed by atoms with Gasteiger partial charge in [-0.1, -0.05) is 0 Å². The smallest absolute Gasteiger partial charge is 0.297 e. The zero-order chi connectivity index (χ0) is 8.48. The van der Waals surface area contributed by atoms with Gasteiger partial charge in [0.1, 0.15) is 0 Å². The maximum atomic E-state index is 11.6. The number of hydrogen-bond acceptors (Lipinski definition) is 3. The summed E-state index contributed by atoms with van der Waals surface area (Å²) >= 11 is 0. The Labute approximate surface area is 67.1 Å². The van der Waals surface area contributed by atoms with E-state index in [2.05, 4.69) is 0 Å². The average molecular weight is 179 g/mol. The molecule has 1 saturated heterocycles. The molecule has 2 atom stereocenters. The van der Waals surface area contributed by atoms with E-state index in [9.17, 15) is 4.57 Å². The zero-order valence-electron chi connectivity index (χ0n) is 7.11. The fraction of sp³-hybridized carbons (Fsp3) is 1.00. The first-order valence-corrected chi connectivity index (χ1v) is 5.15. The van der Waals surface area contributed by atoms with Gasteiger partial charge in [0.15, 0.2) is 0 Å². The molecule has 1 aliphatic rings. The van der Waals surface area contributed by atoms with E-state index >= 15 is 0 Å². The Hall–Kier alpha value is 0.110. The third-order valence-corrected chi connectivity index (χ3v) is 3.70. The van der Waals surface area contributed by atoms with Crippen molar-refractivity contribution in [3.63, 3.8) is 0 Å². The van der Waals surface area contributed by atoms with Gasteiger partial charge in [-0.3, -0.25) is 9.05 Å². The Balaban J connectivity index is 2.63. The summed E-state index contributed by atoms with van der Waals surface area (Å²) in [5.74, 6) is 0. The van der Waals surface area contributed by atoms with Crippen LogP contribution in [0.3, 0.4) is 0 Å². The topological polar surface area (TPSA) is 38.8 Å². The van der Waals surface area contributed by atoms with Crippen molar-refractivity contribution >= 4 is 7.75 Å². The van der Waals surface area contributed by atoms with Crippen LogP contribution in [0.1, 0.15) is 13.3 Å². The van der Waals surface area contributed by atoms with E-state index < -0.39 is 7.75 Å². The number of hydrogen-bond donors (Lipinski definition) is 0. The maximum Gasteiger partial charge on any atom is 0.407 e. The Morgan fingerprint density at radius 3 is 2.55 bits per heavy atom. The van der Waals surface area contributed by atoms with Gasteiger partial charge in [-0.25, -0.2) is 9.24 Å². The fourth-order valence-corrected chi connectivity index (χ4v) is 2.23. The van der Waals surface area contributed by atoms with Crippen LogP contribution in [-0.2, 0) is 13.6 Å². The van der Waals surface area contributed by atoms with Crippen molar-refractivity contribution < 1.29 is 13.6 Å². The van der Waals surface area contributed by atoms with Gasteiger partial charge in [0.25, 0.3) is 0 Å². The Morgan fingerprint density at radius 1 is 1.55 bits per heavy atom. The van der Waals surface area contributed by atoms with E-state index in [1.54, 1.807) is 14.1 Å². The van der Waals surface area contributed by atoms with Crippen molar-refractivity contribution in [2.75, 3.05) is 20.7 Å². The van der Waals surface area contributed by atoms with Crippen LogP contribution in [0.5, 0.6) is 0 Å². The summed E-state index contributed by atoms with van der Waals surface area (Å²) in [6, 6.07) is 0. The molecule has 0 aromatic heterocycles. The number of nitrogens with zero attached hydrogens (tertiary/aromatic N) is 1. The van der Waals surface area contributed by atoms with Gasteiger partial charge < -0.3 is 0 Å². The Morgan fingerprint density at radius 2 is 2.18 bits per heavy atom. The minimum Gasteiger partial charge on any atom is -0.297 e. The van der Waals surface area contributed by atoms with Crippen LogP contribution in [0.2, 0.25) is 0 Å². The zero-order valence-corrected chi connectivity index (χ0v) is 8.01. The molecule has 11 heavy (non-hydrogen) atoms. The van der Waals surface area contributed by atoms with E-state index in [1.165, 1.54) is 4.67 Å². The lowest BCUT2D eigenvalue weighted by atomic mass is 10.3. The second-order valence-corrected chi connectivity index (χ2v) is 5.06. The van der Waals surface area contributed by atoms with Crippen LogP contribution in [-0.4, -0.2) is 31.5 Å². The summed E-state index contributed by atoms with van der Waals surface area (Å²) in [6.07, 6.45) is 0.856. The molecule has 0 amide bonds. The summed E-state index contributed by atoms with van der Waals surface area (Å²) in [6.45, 7) is 2.43. The highest BCUT2D eigenvalue weighted by Gasteiger charge is 2.33. The average Bonchev–Trinajstić information content (AvgIpc) is 1.86. The molecule has 0 unspecified atom stereocenters. The molecule has 5 heteroatoms. The van der Waals surface area contributed by atoms with Crippen molar-refractivity contribution in [2.24, 2.45) is 0 Å². The first kappa shape index (κ1) is 9.20. The molecule has 4 nitrogen and oxygen atoms in total. The van der Waals surface area contributed by atoms with Gasteiger partial charge in [-0.05, 0) is 27.4 Å². The lowest BCUT2D eigenvalue weighted by Gasteiger charge is -2.30. The van der Waals surface area contributed by atoms with Gasteiger partial charge in [0.05, 0.1) is 12.7 Å². The normalized spacial score (nSPS) is 39.5. The number of rotatable bonds is 1. The summed E-state index contributed by atoms with van der Waals surface area (Å²) < 4.78 is 23.4. The Bertz CT molecular complexity index is 183. The summed E-state index contributed by atoms with van der Waals surface area (Å²) in [5, 5.41) is 0. The Kier molecular flexibility index (Phi) is 2.70. The minimum absolute atomic E-state index is 0.0389. The SMILES string of the molecule is C[C@H]1CCO[P@@](=O)(N(C)C)O1. The molecule has 1 aliphatic heterocycles. The van der Waals surface area contributed by atoms with Gasteiger partial charge in [0.2, 0.25) is 0 Å². The van der Waals surface area contributed by atoms with Crippen LogP contribution in [0, 0.1) is 0 Å². The molecule has 0 aromatic rings. The van der Waals surface area contributed by atoms with E-state index in [0.717, 1.165) is 6.42 Å². The molecule has 0 aromatic carbocycles. The van der Waals surface area contributed by atoms with Crippen LogP contribution in [0.15, 0.2) is 0 Å². The second-order valence-electron chi connectivity index (χ2n) is 2.85. The van der Waals surface area contributed by atoms with Crippen molar-refractivity contribution in [3.05, 3.63) is 0 Å². The highest BCUT2D eigenvalue weighted by molar-refractivity contribution is 7.51. The predicted molar refractivity (Wildman–Crippen MR) is 42.4 cm³/mol. The molecule has 1 heterocycles. The largest absolute Gasteiger partial charge is 0.407 e. The van der Waals surface area contributed by atoms with Crippen LogP contribution in [0.4, 0.5) is 0 Å². The summed E-state index contributed by atoms with van der Waals surface area (Å²) in [7, 11) is 0.478. The first-order chi connectivity index (χ1) is 5.04. The molecule has 0 aliphatic carbocycles. The standard InChI is InChI=1S/C6H14NO3P/c1-6-4-5-9-11(8,10-6)7(2)3/h6H,4-5H2,1-3H3/t6-,11-/m0/s1. The third kappa shape index (κ3) is 2.03. The van der Waals surface area contributed by atoms with Crippen LogP contribution in [0.25, 0.3) is 0 Å². The molecular formula is C6H14NO3P. The molecule has 0 bridgehead atoms. The van der Waals surface area contributed by atoms with Gasteiger partial charge in [0, 0.05) is 0 Å². The lowest BCUT2D eigenvalue weighted by molar-refractivity contribution is 0.0715. The molecule has 0 radical (unpaired) electrons. The lowest BCUT2D eigenvalue weighted by Crippen LogP contribution is -2.24. The van der Waals surface area contributed by atoms with Crippen molar-refractivity contribution in [1.82, 2.24) is 4.67 Å². The predicted octanol–water partition coefficient (Wildman–Crippen LogP) is 1.48. The van der Waals surface area contributed by atoms with Crippen molar-refractivity contribution in [2.45, 2.75) is 19.4 Å². The van der Waals surface area contributed by atoms with Crippen molar-refractivity contribution in [1.29, 1.82) is 0 Å². The minimum atomic E-state index is -2.91. The molecule has 0 spiro atoms. The molecule has 0 saturated carbocycles. The van der Waals surface area contributed by atoms with Crippen LogP contribution >= 0.6 is 7.75 Å². The van der Waals surface area contributed by atoms with E-state index in [4.69, 9.17) is 9.05 Å². The summed E-state index contributed by atoms with van der Waals surface area (Å²) in [4.78, 5) is 0. The van der Waals surface area contributed by atoms with Gasteiger partial charge >= 0.3 is 7.75 Å². The van der Waals surface area contributed by atoms with Crippen molar-refractivity contribution in [3.8, 4) is 0 Å². The van der Waals surface area contributed by atoms with E-state index in [1.807, 2.05) is 6.92 Å². The summed E-state index contributed by atoms with van der Waals surface area (Å²) in [5.41, 5.74) is 0. The highest BCUT2D eigenvalue weighted by Crippen LogP contribution is 2.53. The monoisotopic (exact) mass is 179 g/mol. The van der Waals surface area contributed by atoms with E-state index in [-0.39, 0.29) is 6.10 Å². The first-order valence-electron chi connectivity index (χ1n) is 3.65. The third-order valence-electron chi connectivity index (χ3n) is 1.58. The van der Waals surface area contributed by atoms with E-state index in [0.29, 0.717) is 6.61 Å². The molecule has 1 fully saturated rings. The highest BCUT2D eigenvalue weighted by atomic mass is 31.2. The molecular weight excluding hydrogens is 165 g/mol. The van der Waals surface area contributed by atoms with Gasteiger partial charge in [-0.2, -0.15) is 0 Å². The quantitative estimate of drug-likeness (QED) is 0.571. The molecule has 1 rings (SSSR count). The molecule has 66 valence electrons. The second kappa shape index (κ2) is 3.23. The fourth-order valence-electron chi connectivity index (χ4n) is 0.854. The van der Waals surface area contributed by atoms with Crippen LogP contribution < -0.4 is 0 Å². The van der Waals surface area contributed by atoms with Gasteiger partial charge in [-0.15, -0.1) is 0 Å². The molecule has 0 N–H and O–H groups in total.